The number of carbonyl (C=O) groups excluding carboxylic acids is 1. The summed E-state index contributed by atoms with van der Waals surface area (Å²) < 4.78 is 5.12. The molecule has 0 aliphatic rings. The summed E-state index contributed by atoms with van der Waals surface area (Å²) in [6.45, 7) is -0.0342. The van der Waals surface area contributed by atoms with Crippen molar-refractivity contribution in [1.82, 2.24) is 5.32 Å². The van der Waals surface area contributed by atoms with Crippen LogP contribution in [0.2, 0.25) is 5.02 Å². The van der Waals surface area contributed by atoms with E-state index in [1.54, 1.807) is 24.3 Å². The highest BCUT2D eigenvalue weighted by atomic mass is 35.5. The SMILES string of the molecule is O=C(N[C@H](CO)c1ccc(Cl)cc1)OCc1ccccc1. The minimum atomic E-state index is -0.576. The first-order valence-corrected chi connectivity index (χ1v) is 6.90. The summed E-state index contributed by atoms with van der Waals surface area (Å²) in [5, 5.41) is 12.6. The molecule has 4 nitrogen and oxygen atoms in total. The Hall–Kier alpha value is -2.04. The number of halogens is 1. The number of hydrogen-bond donors (Lipinski definition) is 2. The third-order valence-electron chi connectivity index (χ3n) is 2.96. The second kappa shape index (κ2) is 7.67. The second-order valence-corrected chi connectivity index (χ2v) is 4.93. The molecule has 0 radical (unpaired) electrons. The van der Waals surface area contributed by atoms with Gasteiger partial charge in [0, 0.05) is 5.02 Å². The van der Waals surface area contributed by atoms with Gasteiger partial charge in [-0.3, -0.25) is 0 Å². The molecule has 2 aromatic rings. The van der Waals surface area contributed by atoms with E-state index in [1.807, 2.05) is 30.3 Å². The van der Waals surface area contributed by atoms with Crippen molar-refractivity contribution in [2.24, 2.45) is 0 Å². The van der Waals surface area contributed by atoms with Crippen molar-refractivity contribution < 1.29 is 14.6 Å². The van der Waals surface area contributed by atoms with Gasteiger partial charge in [-0.15, -0.1) is 0 Å². The standard InChI is InChI=1S/C16H16ClNO3/c17-14-8-6-13(7-9-14)15(10-19)18-16(20)21-11-12-4-2-1-3-5-12/h1-9,15,19H,10-11H2,(H,18,20)/t15-/m1/s1. The molecule has 110 valence electrons. The fraction of sp³-hybridized carbons (Fsp3) is 0.188. The van der Waals surface area contributed by atoms with Crippen LogP contribution in [0, 0.1) is 0 Å². The Labute approximate surface area is 128 Å². The molecule has 0 aliphatic heterocycles. The Kier molecular flexibility index (Phi) is 5.60. The molecular formula is C16H16ClNO3. The summed E-state index contributed by atoms with van der Waals surface area (Å²) in [5.74, 6) is 0. The summed E-state index contributed by atoms with van der Waals surface area (Å²) in [4.78, 5) is 11.8. The monoisotopic (exact) mass is 305 g/mol. The summed E-state index contributed by atoms with van der Waals surface area (Å²) in [7, 11) is 0. The Morgan fingerprint density at radius 2 is 1.81 bits per heavy atom. The van der Waals surface area contributed by atoms with Crippen molar-refractivity contribution in [2.75, 3.05) is 6.61 Å². The van der Waals surface area contributed by atoms with Crippen molar-refractivity contribution in [3.8, 4) is 0 Å². The number of carbonyl (C=O) groups is 1. The molecule has 5 heteroatoms. The van der Waals surface area contributed by atoms with Gasteiger partial charge in [-0.05, 0) is 23.3 Å². The highest BCUT2D eigenvalue weighted by Gasteiger charge is 2.14. The van der Waals surface area contributed by atoms with Crippen LogP contribution < -0.4 is 5.32 Å². The van der Waals surface area contributed by atoms with Crippen LogP contribution in [0.5, 0.6) is 0 Å². The van der Waals surface area contributed by atoms with E-state index in [2.05, 4.69) is 5.32 Å². The Bertz CT molecular complexity index is 572. The lowest BCUT2D eigenvalue weighted by Gasteiger charge is -2.16. The zero-order valence-electron chi connectivity index (χ0n) is 11.3. The fourth-order valence-electron chi connectivity index (χ4n) is 1.84. The van der Waals surface area contributed by atoms with Gasteiger partial charge in [-0.1, -0.05) is 54.1 Å². The van der Waals surface area contributed by atoms with Crippen LogP contribution in [0.25, 0.3) is 0 Å². The predicted molar refractivity (Wildman–Crippen MR) is 81.0 cm³/mol. The minimum absolute atomic E-state index is 0.186. The average Bonchev–Trinajstić information content (AvgIpc) is 2.52. The van der Waals surface area contributed by atoms with E-state index in [0.717, 1.165) is 11.1 Å². The first-order chi connectivity index (χ1) is 10.2. The van der Waals surface area contributed by atoms with Gasteiger partial charge in [0.2, 0.25) is 0 Å². The van der Waals surface area contributed by atoms with Gasteiger partial charge in [0.05, 0.1) is 12.6 Å². The van der Waals surface area contributed by atoms with Gasteiger partial charge < -0.3 is 15.2 Å². The lowest BCUT2D eigenvalue weighted by Crippen LogP contribution is -2.31. The normalized spacial score (nSPS) is 11.7. The molecular weight excluding hydrogens is 290 g/mol. The minimum Gasteiger partial charge on any atom is -0.445 e. The summed E-state index contributed by atoms with van der Waals surface area (Å²) in [6, 6.07) is 15.8. The number of ether oxygens (including phenoxy) is 1. The van der Waals surface area contributed by atoms with Crippen molar-refractivity contribution in [2.45, 2.75) is 12.6 Å². The van der Waals surface area contributed by atoms with Crippen LogP contribution in [0.1, 0.15) is 17.2 Å². The predicted octanol–water partition coefficient (Wildman–Crippen LogP) is 3.30. The maximum absolute atomic E-state index is 11.8. The molecule has 0 saturated heterocycles. The average molecular weight is 306 g/mol. The summed E-state index contributed by atoms with van der Waals surface area (Å²) in [5.41, 5.74) is 1.67. The van der Waals surface area contributed by atoms with E-state index < -0.39 is 12.1 Å². The second-order valence-electron chi connectivity index (χ2n) is 4.49. The molecule has 2 rings (SSSR count). The molecule has 21 heavy (non-hydrogen) atoms. The highest BCUT2D eigenvalue weighted by Crippen LogP contribution is 2.16. The lowest BCUT2D eigenvalue weighted by molar-refractivity contribution is 0.129. The zero-order valence-corrected chi connectivity index (χ0v) is 12.1. The molecule has 0 aliphatic carbocycles. The summed E-state index contributed by atoms with van der Waals surface area (Å²) in [6.07, 6.45) is -0.576. The van der Waals surface area contributed by atoms with E-state index in [9.17, 15) is 9.90 Å². The summed E-state index contributed by atoms with van der Waals surface area (Å²) >= 11 is 5.81. The van der Waals surface area contributed by atoms with E-state index in [0.29, 0.717) is 5.02 Å². The number of nitrogens with one attached hydrogen (secondary N) is 1. The number of hydrogen-bond acceptors (Lipinski definition) is 3. The van der Waals surface area contributed by atoms with Crippen LogP contribution in [-0.4, -0.2) is 17.8 Å². The van der Waals surface area contributed by atoms with E-state index in [-0.39, 0.29) is 13.2 Å². The fourth-order valence-corrected chi connectivity index (χ4v) is 1.96. The third kappa shape index (κ3) is 4.77. The van der Waals surface area contributed by atoms with Crippen molar-refractivity contribution in [3.63, 3.8) is 0 Å². The van der Waals surface area contributed by atoms with Gasteiger partial charge in [0.25, 0.3) is 0 Å². The van der Waals surface area contributed by atoms with E-state index in [4.69, 9.17) is 16.3 Å². The van der Waals surface area contributed by atoms with Crippen LogP contribution >= 0.6 is 11.6 Å². The number of amides is 1. The topological polar surface area (TPSA) is 58.6 Å². The maximum atomic E-state index is 11.8. The van der Waals surface area contributed by atoms with Crippen LogP contribution in [0.3, 0.4) is 0 Å². The molecule has 0 bridgehead atoms. The van der Waals surface area contributed by atoms with Gasteiger partial charge in [-0.25, -0.2) is 4.79 Å². The molecule has 1 atom stereocenters. The number of aliphatic hydroxyl groups is 1. The first kappa shape index (κ1) is 15.4. The van der Waals surface area contributed by atoms with Crippen molar-refractivity contribution >= 4 is 17.7 Å². The molecule has 0 unspecified atom stereocenters. The molecule has 0 spiro atoms. The van der Waals surface area contributed by atoms with Gasteiger partial charge in [0.1, 0.15) is 6.61 Å². The molecule has 2 aromatic carbocycles. The first-order valence-electron chi connectivity index (χ1n) is 6.52. The van der Waals surface area contributed by atoms with E-state index in [1.165, 1.54) is 0 Å². The number of rotatable bonds is 5. The van der Waals surface area contributed by atoms with Gasteiger partial charge in [0.15, 0.2) is 0 Å². The molecule has 2 N–H and O–H groups in total. The molecule has 0 fully saturated rings. The largest absolute Gasteiger partial charge is 0.445 e. The van der Waals surface area contributed by atoms with Crippen LogP contribution in [0.15, 0.2) is 54.6 Å². The maximum Gasteiger partial charge on any atom is 0.408 e. The van der Waals surface area contributed by atoms with Gasteiger partial charge >= 0.3 is 6.09 Å². The van der Waals surface area contributed by atoms with Crippen molar-refractivity contribution in [3.05, 3.63) is 70.7 Å². The Balaban J connectivity index is 1.89. The van der Waals surface area contributed by atoms with Gasteiger partial charge in [-0.2, -0.15) is 0 Å². The molecule has 1 amide bonds. The van der Waals surface area contributed by atoms with Crippen LogP contribution in [-0.2, 0) is 11.3 Å². The molecule has 0 heterocycles. The molecule has 0 aromatic heterocycles. The highest BCUT2D eigenvalue weighted by molar-refractivity contribution is 6.30. The zero-order chi connectivity index (χ0) is 15.1. The Morgan fingerprint density at radius 3 is 2.43 bits per heavy atom. The number of aliphatic hydroxyl groups excluding tert-OH is 1. The quantitative estimate of drug-likeness (QED) is 0.891. The van der Waals surface area contributed by atoms with Crippen molar-refractivity contribution in [1.29, 1.82) is 0 Å². The smallest absolute Gasteiger partial charge is 0.408 e. The van der Waals surface area contributed by atoms with E-state index >= 15 is 0 Å². The Morgan fingerprint density at radius 1 is 1.14 bits per heavy atom. The number of benzene rings is 2. The van der Waals surface area contributed by atoms with Crippen LogP contribution in [0.4, 0.5) is 4.79 Å². The number of alkyl carbamates (subject to hydrolysis) is 1. The lowest BCUT2D eigenvalue weighted by atomic mass is 10.1. The third-order valence-corrected chi connectivity index (χ3v) is 3.21. The molecule has 0 saturated carbocycles.